The van der Waals surface area contributed by atoms with E-state index in [1.165, 1.54) is 4.31 Å². The number of amides is 1. The van der Waals surface area contributed by atoms with Gasteiger partial charge in [-0.15, -0.1) is 10.2 Å². The highest BCUT2D eigenvalue weighted by molar-refractivity contribution is 7.89. The summed E-state index contributed by atoms with van der Waals surface area (Å²) in [6.07, 6.45) is 3.87. The van der Waals surface area contributed by atoms with Gasteiger partial charge in [-0.3, -0.25) is 9.20 Å². The zero-order valence-corrected chi connectivity index (χ0v) is 16.0. The standard InChI is InChI=1S/C19H21N5O3S/c25-19(20-14-18-22-21-17-11-5-6-12-23(17)18)16-10-4-7-13-24(16)28(26,27)15-8-2-1-3-9-15/h1-3,5-6,8-9,11-12,16H,4,7,10,13-14H2,(H,20,25). The minimum atomic E-state index is -3.72. The lowest BCUT2D eigenvalue weighted by atomic mass is 10.0. The Labute approximate surface area is 163 Å². The molecule has 3 aromatic rings. The number of carbonyl (C=O) groups is 1. The van der Waals surface area contributed by atoms with E-state index in [1.807, 2.05) is 24.4 Å². The summed E-state index contributed by atoms with van der Waals surface area (Å²) in [7, 11) is -3.72. The third-order valence-corrected chi connectivity index (χ3v) is 6.83. The Morgan fingerprint density at radius 3 is 2.68 bits per heavy atom. The number of piperidine rings is 1. The van der Waals surface area contributed by atoms with E-state index in [-0.39, 0.29) is 17.3 Å². The predicted octanol–water partition coefficient (Wildman–Crippen LogP) is 1.59. The van der Waals surface area contributed by atoms with Gasteiger partial charge < -0.3 is 5.32 Å². The molecule has 1 aliphatic heterocycles. The Kier molecular flexibility index (Phi) is 5.10. The summed E-state index contributed by atoms with van der Waals surface area (Å²) in [6, 6.07) is 13.1. The number of nitrogens with one attached hydrogen (secondary N) is 1. The van der Waals surface area contributed by atoms with Crippen LogP contribution in [0.5, 0.6) is 0 Å². The van der Waals surface area contributed by atoms with Crippen LogP contribution in [-0.2, 0) is 21.4 Å². The van der Waals surface area contributed by atoms with Crippen molar-refractivity contribution in [3.63, 3.8) is 0 Å². The fourth-order valence-corrected chi connectivity index (χ4v) is 5.16. The molecule has 0 spiro atoms. The number of hydrogen-bond acceptors (Lipinski definition) is 5. The number of hydrogen-bond donors (Lipinski definition) is 1. The van der Waals surface area contributed by atoms with Crippen LogP contribution < -0.4 is 5.32 Å². The van der Waals surface area contributed by atoms with Gasteiger partial charge in [-0.25, -0.2) is 8.42 Å². The number of fused-ring (bicyclic) bond motifs is 1. The number of aromatic nitrogens is 3. The van der Waals surface area contributed by atoms with Crippen molar-refractivity contribution in [3.05, 3.63) is 60.6 Å². The average molecular weight is 399 g/mol. The first-order valence-electron chi connectivity index (χ1n) is 9.20. The number of benzene rings is 1. The van der Waals surface area contributed by atoms with E-state index >= 15 is 0 Å². The second-order valence-corrected chi connectivity index (χ2v) is 8.59. The molecule has 0 bridgehead atoms. The maximum absolute atomic E-state index is 13.0. The van der Waals surface area contributed by atoms with Gasteiger partial charge in [0.2, 0.25) is 15.9 Å². The molecular weight excluding hydrogens is 378 g/mol. The van der Waals surface area contributed by atoms with Crippen molar-refractivity contribution < 1.29 is 13.2 Å². The zero-order valence-electron chi connectivity index (χ0n) is 15.2. The Morgan fingerprint density at radius 1 is 1.07 bits per heavy atom. The summed E-state index contributed by atoms with van der Waals surface area (Å²) in [4.78, 5) is 13.0. The summed E-state index contributed by atoms with van der Waals surface area (Å²) in [5.41, 5.74) is 0.692. The van der Waals surface area contributed by atoms with Crippen LogP contribution in [-0.4, -0.2) is 45.8 Å². The second-order valence-electron chi connectivity index (χ2n) is 6.70. The molecule has 28 heavy (non-hydrogen) atoms. The van der Waals surface area contributed by atoms with Crippen molar-refractivity contribution >= 4 is 21.6 Å². The summed E-state index contributed by atoms with van der Waals surface area (Å²) in [6.45, 7) is 0.517. The molecule has 0 aliphatic carbocycles. The maximum Gasteiger partial charge on any atom is 0.243 e. The number of pyridine rings is 1. The molecule has 8 nitrogen and oxygen atoms in total. The third-order valence-electron chi connectivity index (χ3n) is 4.91. The van der Waals surface area contributed by atoms with Crippen molar-refractivity contribution in [2.24, 2.45) is 0 Å². The summed E-state index contributed by atoms with van der Waals surface area (Å²) >= 11 is 0. The molecule has 0 radical (unpaired) electrons. The minimum absolute atomic E-state index is 0.180. The van der Waals surface area contributed by atoms with Gasteiger partial charge in [0.1, 0.15) is 6.04 Å². The molecule has 9 heteroatoms. The molecule has 1 atom stereocenters. The van der Waals surface area contributed by atoms with E-state index in [4.69, 9.17) is 0 Å². The first kappa shape index (κ1) is 18.6. The van der Waals surface area contributed by atoms with Crippen molar-refractivity contribution in [1.82, 2.24) is 24.2 Å². The number of nitrogens with zero attached hydrogens (tertiary/aromatic N) is 4. The lowest BCUT2D eigenvalue weighted by Crippen LogP contribution is -2.51. The van der Waals surface area contributed by atoms with Gasteiger partial charge in [0.25, 0.3) is 0 Å². The summed E-state index contributed by atoms with van der Waals surface area (Å²) in [5, 5.41) is 11.0. The fraction of sp³-hybridized carbons (Fsp3) is 0.316. The van der Waals surface area contributed by atoms with Crippen molar-refractivity contribution in [2.75, 3.05) is 6.54 Å². The topological polar surface area (TPSA) is 96.7 Å². The van der Waals surface area contributed by atoms with Gasteiger partial charge in [0.05, 0.1) is 11.4 Å². The summed E-state index contributed by atoms with van der Waals surface area (Å²) in [5.74, 6) is 0.282. The van der Waals surface area contributed by atoms with Crippen LogP contribution in [0.1, 0.15) is 25.1 Å². The van der Waals surface area contributed by atoms with E-state index in [0.717, 1.165) is 12.8 Å². The van der Waals surface area contributed by atoms with Crippen LogP contribution in [0.25, 0.3) is 5.65 Å². The molecule has 146 valence electrons. The van der Waals surface area contributed by atoms with E-state index in [1.54, 1.807) is 34.7 Å². The molecule has 1 unspecified atom stereocenters. The first-order chi connectivity index (χ1) is 13.6. The summed E-state index contributed by atoms with van der Waals surface area (Å²) < 4.78 is 29.2. The Bertz CT molecular complexity index is 1080. The van der Waals surface area contributed by atoms with Crippen molar-refractivity contribution in [3.8, 4) is 0 Å². The third kappa shape index (κ3) is 3.50. The SMILES string of the molecule is O=C(NCc1nnc2ccccn12)C1CCCCN1S(=O)(=O)c1ccccc1. The Morgan fingerprint density at radius 2 is 1.86 bits per heavy atom. The first-order valence-corrected chi connectivity index (χ1v) is 10.6. The molecular formula is C19H21N5O3S. The van der Waals surface area contributed by atoms with Crippen LogP contribution in [0.4, 0.5) is 0 Å². The van der Waals surface area contributed by atoms with Crippen LogP contribution in [0, 0.1) is 0 Å². The quantitative estimate of drug-likeness (QED) is 0.703. The average Bonchev–Trinajstić information content (AvgIpc) is 3.16. The highest BCUT2D eigenvalue weighted by Gasteiger charge is 2.37. The normalized spacial score (nSPS) is 18.2. The minimum Gasteiger partial charge on any atom is -0.347 e. The molecule has 1 N–H and O–H groups in total. The molecule has 1 aliphatic rings. The van der Waals surface area contributed by atoms with Crippen molar-refractivity contribution in [1.29, 1.82) is 0 Å². The van der Waals surface area contributed by atoms with Crippen LogP contribution >= 0.6 is 0 Å². The molecule has 1 amide bonds. The predicted molar refractivity (Wildman–Crippen MR) is 103 cm³/mol. The van der Waals surface area contributed by atoms with Gasteiger partial charge in [-0.05, 0) is 37.1 Å². The smallest absolute Gasteiger partial charge is 0.243 e. The van der Waals surface area contributed by atoms with Gasteiger partial charge in [-0.1, -0.05) is 30.7 Å². The monoisotopic (exact) mass is 399 g/mol. The van der Waals surface area contributed by atoms with Crippen molar-refractivity contribution in [2.45, 2.75) is 36.7 Å². The van der Waals surface area contributed by atoms with E-state index < -0.39 is 16.1 Å². The molecule has 3 heterocycles. The molecule has 1 fully saturated rings. The van der Waals surface area contributed by atoms with Gasteiger partial charge in [0, 0.05) is 12.7 Å². The molecule has 0 saturated carbocycles. The van der Waals surface area contributed by atoms with Gasteiger partial charge in [-0.2, -0.15) is 4.31 Å². The van der Waals surface area contributed by atoms with E-state index in [9.17, 15) is 13.2 Å². The lowest BCUT2D eigenvalue weighted by molar-refractivity contribution is -0.125. The largest absolute Gasteiger partial charge is 0.347 e. The highest BCUT2D eigenvalue weighted by atomic mass is 32.2. The number of rotatable bonds is 5. The molecule has 1 saturated heterocycles. The zero-order chi connectivity index (χ0) is 19.6. The van der Waals surface area contributed by atoms with E-state index in [0.29, 0.717) is 24.4 Å². The Hall–Kier alpha value is -2.78. The van der Waals surface area contributed by atoms with E-state index in [2.05, 4.69) is 15.5 Å². The molecule has 2 aromatic heterocycles. The highest BCUT2D eigenvalue weighted by Crippen LogP contribution is 2.25. The Balaban J connectivity index is 1.52. The fourth-order valence-electron chi connectivity index (χ4n) is 3.48. The van der Waals surface area contributed by atoms with Crippen LogP contribution in [0.15, 0.2) is 59.6 Å². The molecule has 1 aromatic carbocycles. The van der Waals surface area contributed by atoms with Crippen LogP contribution in [0.3, 0.4) is 0 Å². The second kappa shape index (κ2) is 7.69. The van der Waals surface area contributed by atoms with Gasteiger partial charge >= 0.3 is 0 Å². The lowest BCUT2D eigenvalue weighted by Gasteiger charge is -2.33. The molecule has 4 rings (SSSR count). The van der Waals surface area contributed by atoms with Gasteiger partial charge in [0.15, 0.2) is 11.5 Å². The number of sulfonamides is 1. The maximum atomic E-state index is 13.0. The van der Waals surface area contributed by atoms with Crippen LogP contribution in [0.2, 0.25) is 0 Å². The number of carbonyl (C=O) groups excluding carboxylic acids is 1.